The highest BCUT2D eigenvalue weighted by Gasteiger charge is 2.19. The molecule has 0 saturated heterocycles. The lowest BCUT2D eigenvalue weighted by atomic mass is 10.0. The lowest BCUT2D eigenvalue weighted by Gasteiger charge is -2.18. The maximum Gasteiger partial charge on any atom is 0.306 e. The molecule has 64 heavy (non-hydrogen) atoms. The summed E-state index contributed by atoms with van der Waals surface area (Å²) in [7, 11) is 0. The molecule has 0 bridgehead atoms. The Morgan fingerprint density at radius 1 is 0.328 bits per heavy atom. The molecule has 0 aromatic rings. The minimum atomic E-state index is -0.811. The van der Waals surface area contributed by atoms with Crippen LogP contribution in [0.15, 0.2) is 72.9 Å². The molecule has 0 amide bonds. The molecule has 6 nitrogen and oxygen atoms in total. The molecule has 0 aliphatic rings. The van der Waals surface area contributed by atoms with E-state index in [0.29, 0.717) is 19.3 Å². The number of allylic oxidation sites excluding steroid dienone is 12. The lowest BCUT2D eigenvalue weighted by molar-refractivity contribution is -0.166. The Kier molecular flexibility index (Phi) is 49.9. The van der Waals surface area contributed by atoms with Crippen LogP contribution in [0, 0.1) is 0 Å². The third kappa shape index (κ3) is 49.9. The highest BCUT2D eigenvalue weighted by Crippen LogP contribution is 2.15. The third-order valence-electron chi connectivity index (χ3n) is 11.5. The number of carbonyl (C=O) groups excluding carboxylic acids is 3. The minimum absolute atomic E-state index is 0.102. The number of rotatable bonds is 48. The van der Waals surface area contributed by atoms with Crippen LogP contribution >= 0.6 is 0 Å². The van der Waals surface area contributed by atoms with Gasteiger partial charge in [0.25, 0.3) is 0 Å². The molecule has 0 N–H and O–H groups in total. The predicted molar refractivity (Wildman–Crippen MR) is 274 cm³/mol. The van der Waals surface area contributed by atoms with Crippen LogP contribution in [-0.2, 0) is 28.6 Å². The quantitative estimate of drug-likeness (QED) is 0.0262. The van der Waals surface area contributed by atoms with E-state index in [-0.39, 0.29) is 37.5 Å². The van der Waals surface area contributed by atoms with Crippen LogP contribution in [-0.4, -0.2) is 37.2 Å². The summed E-state index contributed by atoms with van der Waals surface area (Å²) in [5, 5.41) is 0. The Balaban J connectivity index is 4.48. The van der Waals surface area contributed by atoms with Gasteiger partial charge in [-0.2, -0.15) is 0 Å². The third-order valence-corrected chi connectivity index (χ3v) is 11.5. The average molecular weight is 893 g/mol. The van der Waals surface area contributed by atoms with Crippen LogP contribution in [0.5, 0.6) is 0 Å². The largest absolute Gasteiger partial charge is 0.462 e. The molecular formula is C58H100O6. The van der Waals surface area contributed by atoms with E-state index in [1.54, 1.807) is 0 Å². The zero-order valence-corrected chi connectivity index (χ0v) is 42.0. The maximum absolute atomic E-state index is 12.8. The molecule has 0 fully saturated rings. The Morgan fingerprint density at radius 2 is 0.609 bits per heavy atom. The van der Waals surface area contributed by atoms with Crippen LogP contribution in [0.1, 0.15) is 258 Å². The summed E-state index contributed by atoms with van der Waals surface area (Å²) in [6.45, 7) is 6.47. The topological polar surface area (TPSA) is 78.9 Å². The van der Waals surface area contributed by atoms with Gasteiger partial charge in [-0.05, 0) is 57.8 Å². The van der Waals surface area contributed by atoms with Crippen molar-refractivity contribution in [1.82, 2.24) is 0 Å². The van der Waals surface area contributed by atoms with Gasteiger partial charge in [0.05, 0.1) is 0 Å². The van der Waals surface area contributed by atoms with E-state index in [1.165, 1.54) is 135 Å². The van der Waals surface area contributed by atoms with E-state index in [9.17, 15) is 14.4 Å². The number of unbranched alkanes of at least 4 members (excludes halogenated alkanes) is 25. The van der Waals surface area contributed by atoms with Crippen LogP contribution in [0.4, 0.5) is 0 Å². The van der Waals surface area contributed by atoms with Crippen molar-refractivity contribution in [3.8, 4) is 0 Å². The maximum atomic E-state index is 12.8. The Bertz CT molecular complexity index is 1210. The van der Waals surface area contributed by atoms with Gasteiger partial charge in [-0.15, -0.1) is 0 Å². The van der Waals surface area contributed by atoms with E-state index in [0.717, 1.165) is 77.0 Å². The van der Waals surface area contributed by atoms with E-state index in [1.807, 2.05) is 6.08 Å². The molecule has 6 heteroatoms. The van der Waals surface area contributed by atoms with Gasteiger partial charge in [-0.1, -0.05) is 254 Å². The van der Waals surface area contributed by atoms with Gasteiger partial charge < -0.3 is 14.2 Å². The molecule has 0 aliphatic heterocycles. The summed E-state index contributed by atoms with van der Waals surface area (Å²) < 4.78 is 16.7. The summed E-state index contributed by atoms with van der Waals surface area (Å²) in [5.74, 6) is -0.980. The molecule has 0 aliphatic carbocycles. The Hall–Kier alpha value is -3.15. The fraction of sp³-hybridized carbons (Fsp3) is 0.741. The zero-order valence-electron chi connectivity index (χ0n) is 42.0. The minimum Gasteiger partial charge on any atom is -0.462 e. The molecule has 0 unspecified atom stereocenters. The smallest absolute Gasteiger partial charge is 0.306 e. The number of carbonyl (C=O) groups is 3. The number of hydrogen-bond acceptors (Lipinski definition) is 6. The van der Waals surface area contributed by atoms with Crippen molar-refractivity contribution >= 4 is 17.9 Å². The first kappa shape index (κ1) is 60.9. The Labute approximate surface area is 395 Å². The van der Waals surface area contributed by atoms with Crippen LogP contribution in [0.25, 0.3) is 0 Å². The summed E-state index contributed by atoms with van der Waals surface area (Å²) in [6.07, 6.45) is 66.1. The van der Waals surface area contributed by atoms with Crippen molar-refractivity contribution in [3.63, 3.8) is 0 Å². The summed E-state index contributed by atoms with van der Waals surface area (Å²) in [4.78, 5) is 38.0. The fourth-order valence-corrected chi connectivity index (χ4v) is 7.47. The molecule has 0 saturated carbocycles. The molecule has 0 aromatic carbocycles. The monoisotopic (exact) mass is 893 g/mol. The SMILES string of the molecule is CC/C=C\C/C=C\C/C=C\C/C=C\C/C=C\C/C=C\CCC(=O)O[C@@H](COC(=O)CCCCCCCCCCCCCC)COC(=O)CCCCCCCCCCCCCCCCC. The van der Waals surface area contributed by atoms with Crippen molar-refractivity contribution in [1.29, 1.82) is 0 Å². The van der Waals surface area contributed by atoms with E-state index < -0.39 is 6.10 Å². The summed E-state index contributed by atoms with van der Waals surface area (Å²) in [5.41, 5.74) is 0. The van der Waals surface area contributed by atoms with E-state index in [4.69, 9.17) is 14.2 Å². The van der Waals surface area contributed by atoms with Crippen LogP contribution < -0.4 is 0 Å². The Morgan fingerprint density at radius 3 is 0.922 bits per heavy atom. The van der Waals surface area contributed by atoms with E-state index in [2.05, 4.69) is 87.6 Å². The molecule has 1 atom stereocenters. The van der Waals surface area contributed by atoms with Gasteiger partial charge >= 0.3 is 17.9 Å². The second kappa shape index (κ2) is 52.5. The molecule has 0 aromatic heterocycles. The molecule has 0 heterocycles. The normalized spacial score (nSPS) is 12.6. The lowest BCUT2D eigenvalue weighted by Crippen LogP contribution is -2.30. The highest BCUT2D eigenvalue weighted by atomic mass is 16.6. The predicted octanol–water partition coefficient (Wildman–Crippen LogP) is 17.8. The van der Waals surface area contributed by atoms with Gasteiger partial charge in [0.1, 0.15) is 13.2 Å². The van der Waals surface area contributed by atoms with Crippen molar-refractivity contribution in [2.24, 2.45) is 0 Å². The number of hydrogen-bond donors (Lipinski definition) is 0. The first-order valence-electron chi connectivity index (χ1n) is 26.9. The second-order valence-corrected chi connectivity index (χ2v) is 17.8. The number of esters is 3. The molecule has 0 radical (unpaired) electrons. The molecule has 368 valence electrons. The molecule has 0 rings (SSSR count). The van der Waals surface area contributed by atoms with E-state index >= 15 is 0 Å². The molecular weight excluding hydrogens is 793 g/mol. The van der Waals surface area contributed by atoms with Crippen molar-refractivity contribution in [2.75, 3.05) is 13.2 Å². The standard InChI is InChI=1S/C58H100O6/c1-4-7-10-13-16-19-22-25-27-28-29-30-32-34-37-40-43-46-49-52-58(61)64-55(53-62-56(59)50-47-44-41-38-35-24-21-18-15-12-9-6-3)54-63-57(60)51-48-45-42-39-36-33-31-26-23-20-17-14-11-8-5-2/h7,10,16,19,25,27,29-30,34,37,43,46,55H,4-6,8-9,11-15,17-18,20-24,26,28,31-33,35-36,38-42,44-45,47-54H2,1-3H3/b10-7-,19-16-,27-25-,30-29-,37-34-,46-43-/t55-/m0/s1. The van der Waals surface area contributed by atoms with Gasteiger partial charge in [0, 0.05) is 19.3 Å². The average Bonchev–Trinajstić information content (AvgIpc) is 3.29. The second-order valence-electron chi connectivity index (χ2n) is 17.8. The summed E-state index contributed by atoms with van der Waals surface area (Å²) in [6, 6.07) is 0. The van der Waals surface area contributed by atoms with Gasteiger partial charge in [0.15, 0.2) is 6.10 Å². The van der Waals surface area contributed by atoms with Crippen LogP contribution in [0.2, 0.25) is 0 Å². The highest BCUT2D eigenvalue weighted by molar-refractivity contribution is 5.71. The summed E-state index contributed by atoms with van der Waals surface area (Å²) >= 11 is 0. The van der Waals surface area contributed by atoms with Crippen LogP contribution in [0.3, 0.4) is 0 Å². The first-order valence-corrected chi connectivity index (χ1v) is 26.9. The van der Waals surface area contributed by atoms with Crippen molar-refractivity contribution < 1.29 is 28.6 Å². The number of ether oxygens (including phenoxy) is 3. The van der Waals surface area contributed by atoms with Gasteiger partial charge in [-0.3, -0.25) is 14.4 Å². The molecule has 0 spiro atoms. The van der Waals surface area contributed by atoms with Crippen molar-refractivity contribution in [2.45, 2.75) is 264 Å². The van der Waals surface area contributed by atoms with Gasteiger partial charge in [-0.25, -0.2) is 0 Å². The zero-order chi connectivity index (χ0) is 46.5. The van der Waals surface area contributed by atoms with Crippen molar-refractivity contribution in [3.05, 3.63) is 72.9 Å². The van der Waals surface area contributed by atoms with Gasteiger partial charge in [0.2, 0.25) is 0 Å². The fourth-order valence-electron chi connectivity index (χ4n) is 7.47. The first-order chi connectivity index (χ1) is 31.5.